The van der Waals surface area contributed by atoms with Crippen molar-refractivity contribution >= 4 is 50.7 Å². The van der Waals surface area contributed by atoms with Crippen LogP contribution in [-0.2, 0) is 32.6 Å². The van der Waals surface area contributed by atoms with Crippen molar-refractivity contribution in [3.63, 3.8) is 0 Å². The molecule has 3 aromatic carbocycles. The van der Waals surface area contributed by atoms with Crippen LogP contribution in [0.25, 0.3) is 0 Å². The number of amides is 2. The van der Waals surface area contributed by atoms with E-state index >= 15 is 0 Å². The second kappa shape index (κ2) is 14.6. The molecule has 0 fully saturated rings. The monoisotopic (exact) mass is 619 g/mol. The molecule has 0 saturated heterocycles. The topological polar surface area (TPSA) is 96.0 Å². The molecular weight excluding hydrogens is 585 g/mol. The fourth-order valence-corrected chi connectivity index (χ4v) is 5.51. The number of ether oxygens (including phenoxy) is 1. The number of hydrogen-bond donors (Lipinski definition) is 1. The summed E-state index contributed by atoms with van der Waals surface area (Å²) in [6, 6.07) is 19.9. The number of methoxy groups -OCH3 is 1. The van der Waals surface area contributed by atoms with Crippen LogP contribution in [-0.4, -0.2) is 57.6 Å². The van der Waals surface area contributed by atoms with Gasteiger partial charge in [-0.3, -0.25) is 13.9 Å². The number of hydrogen-bond acceptors (Lipinski definition) is 5. The molecular formula is C30H35Cl2N3O5S. The normalized spacial score (nSPS) is 12.1. The summed E-state index contributed by atoms with van der Waals surface area (Å²) in [5, 5.41) is 3.32. The summed E-state index contributed by atoms with van der Waals surface area (Å²) in [6.45, 7) is 3.81. The van der Waals surface area contributed by atoms with Gasteiger partial charge in [-0.05, 0) is 47.4 Å². The van der Waals surface area contributed by atoms with Gasteiger partial charge in [0.05, 0.1) is 24.1 Å². The largest absolute Gasteiger partial charge is 0.497 e. The fourth-order valence-electron chi connectivity index (χ4n) is 4.22. The van der Waals surface area contributed by atoms with E-state index in [1.54, 1.807) is 18.2 Å². The Morgan fingerprint density at radius 2 is 1.63 bits per heavy atom. The molecule has 3 aromatic rings. The Balaban J connectivity index is 2.09. The van der Waals surface area contributed by atoms with Gasteiger partial charge in [-0.2, -0.15) is 0 Å². The lowest BCUT2D eigenvalue weighted by Gasteiger charge is -2.34. The first kappa shape index (κ1) is 32.2. The average molecular weight is 621 g/mol. The highest BCUT2D eigenvalue weighted by Gasteiger charge is 2.33. The summed E-state index contributed by atoms with van der Waals surface area (Å²) in [7, 11) is -2.43. The molecule has 41 heavy (non-hydrogen) atoms. The maximum absolute atomic E-state index is 14.1. The number of carbonyl (C=O) groups excluding carboxylic acids is 2. The molecule has 0 aliphatic rings. The highest BCUT2D eigenvalue weighted by atomic mass is 35.5. The minimum Gasteiger partial charge on any atom is -0.497 e. The molecule has 0 spiro atoms. The molecule has 0 bridgehead atoms. The molecule has 0 radical (unpaired) electrons. The van der Waals surface area contributed by atoms with E-state index in [9.17, 15) is 18.0 Å². The first-order chi connectivity index (χ1) is 19.4. The van der Waals surface area contributed by atoms with Gasteiger partial charge in [-0.1, -0.05) is 79.5 Å². The van der Waals surface area contributed by atoms with E-state index in [1.807, 2.05) is 50.2 Å². The summed E-state index contributed by atoms with van der Waals surface area (Å²) < 4.78 is 32.1. The zero-order valence-corrected chi connectivity index (χ0v) is 25.8. The number of halogens is 2. The van der Waals surface area contributed by atoms with Gasteiger partial charge in [-0.15, -0.1) is 0 Å². The van der Waals surface area contributed by atoms with Crippen LogP contribution in [0.2, 0.25) is 10.0 Å². The molecule has 220 valence electrons. The second-order valence-corrected chi connectivity index (χ2v) is 12.8. The van der Waals surface area contributed by atoms with Crippen LogP contribution in [0.1, 0.15) is 25.0 Å². The molecule has 0 saturated carbocycles. The van der Waals surface area contributed by atoms with Crippen molar-refractivity contribution in [3.8, 4) is 5.75 Å². The maximum Gasteiger partial charge on any atom is 0.244 e. The van der Waals surface area contributed by atoms with Gasteiger partial charge in [0.15, 0.2) is 0 Å². The van der Waals surface area contributed by atoms with Crippen molar-refractivity contribution in [3.05, 3.63) is 94.0 Å². The van der Waals surface area contributed by atoms with Crippen LogP contribution in [0.15, 0.2) is 72.8 Å². The predicted octanol–water partition coefficient (Wildman–Crippen LogP) is 5.18. The highest BCUT2D eigenvalue weighted by Crippen LogP contribution is 2.31. The zero-order chi connectivity index (χ0) is 30.2. The van der Waals surface area contributed by atoms with Crippen LogP contribution < -0.4 is 14.4 Å². The van der Waals surface area contributed by atoms with E-state index in [1.165, 1.54) is 30.2 Å². The number of rotatable bonds is 13. The minimum absolute atomic E-state index is 0.0313. The molecule has 1 atom stereocenters. The molecule has 0 heterocycles. The molecule has 0 aliphatic heterocycles. The first-order valence-electron chi connectivity index (χ1n) is 13.1. The van der Waals surface area contributed by atoms with Crippen molar-refractivity contribution in [1.29, 1.82) is 0 Å². The van der Waals surface area contributed by atoms with E-state index in [4.69, 9.17) is 27.9 Å². The molecule has 1 unspecified atom stereocenters. The summed E-state index contributed by atoms with van der Waals surface area (Å²) in [6.07, 6.45) is 1.21. The van der Waals surface area contributed by atoms with Gasteiger partial charge in [0, 0.05) is 24.5 Å². The molecule has 1 N–H and O–H groups in total. The number of sulfonamides is 1. The standard InChI is InChI=1S/C30H35Cl2N3O5S/c1-21(2)18-33-30(37)28(16-22-9-6-5-7-10-22)34(19-23-11-8-12-25(15-23)40-3)29(36)20-35(41(4,38)39)27-17-24(31)13-14-26(27)32/h5-15,17,21,28H,16,18-20H2,1-4H3,(H,33,37). The predicted molar refractivity (Wildman–Crippen MR) is 164 cm³/mol. The number of anilines is 1. The van der Waals surface area contributed by atoms with E-state index in [0.29, 0.717) is 17.9 Å². The molecule has 0 aromatic heterocycles. The van der Waals surface area contributed by atoms with Crippen molar-refractivity contribution < 1.29 is 22.7 Å². The number of benzene rings is 3. The third kappa shape index (κ3) is 9.38. The van der Waals surface area contributed by atoms with Gasteiger partial charge in [0.25, 0.3) is 0 Å². The lowest BCUT2D eigenvalue weighted by Crippen LogP contribution is -2.53. The van der Waals surface area contributed by atoms with Gasteiger partial charge in [0.1, 0.15) is 18.3 Å². The Kier molecular flexibility index (Phi) is 11.5. The summed E-state index contributed by atoms with van der Waals surface area (Å²) in [5.74, 6) is -0.160. The van der Waals surface area contributed by atoms with Gasteiger partial charge >= 0.3 is 0 Å². The van der Waals surface area contributed by atoms with Gasteiger partial charge in [-0.25, -0.2) is 8.42 Å². The smallest absolute Gasteiger partial charge is 0.244 e. The Morgan fingerprint density at radius 1 is 0.951 bits per heavy atom. The number of carbonyl (C=O) groups is 2. The number of nitrogens with zero attached hydrogens (tertiary/aromatic N) is 2. The summed E-state index contributed by atoms with van der Waals surface area (Å²) in [4.78, 5) is 29.2. The Labute approximate surface area is 252 Å². The van der Waals surface area contributed by atoms with Crippen LogP contribution in [0, 0.1) is 5.92 Å². The third-order valence-corrected chi connectivity index (χ3v) is 7.98. The van der Waals surface area contributed by atoms with Crippen molar-refractivity contribution in [1.82, 2.24) is 10.2 Å². The summed E-state index contributed by atoms with van der Waals surface area (Å²) >= 11 is 12.5. The minimum atomic E-state index is -3.97. The first-order valence-corrected chi connectivity index (χ1v) is 15.7. The average Bonchev–Trinajstić information content (AvgIpc) is 2.93. The van der Waals surface area contributed by atoms with Crippen LogP contribution in [0.3, 0.4) is 0 Å². The van der Waals surface area contributed by atoms with Crippen LogP contribution in [0.5, 0.6) is 5.75 Å². The fraction of sp³-hybridized carbons (Fsp3) is 0.333. The maximum atomic E-state index is 14.1. The lowest BCUT2D eigenvalue weighted by atomic mass is 10.0. The Hall–Kier alpha value is -3.27. The second-order valence-electron chi connectivity index (χ2n) is 10.1. The van der Waals surface area contributed by atoms with E-state index < -0.39 is 28.5 Å². The molecule has 0 aliphatic carbocycles. The van der Waals surface area contributed by atoms with E-state index in [2.05, 4.69) is 5.32 Å². The van der Waals surface area contributed by atoms with Crippen molar-refractivity contribution in [2.45, 2.75) is 32.9 Å². The van der Waals surface area contributed by atoms with Crippen LogP contribution in [0.4, 0.5) is 5.69 Å². The van der Waals surface area contributed by atoms with Crippen LogP contribution >= 0.6 is 23.2 Å². The zero-order valence-electron chi connectivity index (χ0n) is 23.5. The molecule has 3 rings (SSSR count). The van der Waals surface area contributed by atoms with Gasteiger partial charge < -0.3 is 15.0 Å². The SMILES string of the molecule is COc1cccc(CN(C(=O)CN(c2cc(Cl)ccc2Cl)S(C)(=O)=O)C(Cc2ccccc2)C(=O)NCC(C)C)c1. The Bertz CT molecular complexity index is 1450. The lowest BCUT2D eigenvalue weighted by molar-refractivity contribution is -0.140. The Morgan fingerprint density at radius 3 is 2.27 bits per heavy atom. The number of nitrogens with one attached hydrogen (secondary N) is 1. The molecule has 2 amide bonds. The quantitative estimate of drug-likeness (QED) is 0.284. The van der Waals surface area contributed by atoms with Crippen molar-refractivity contribution in [2.24, 2.45) is 5.92 Å². The van der Waals surface area contributed by atoms with Crippen molar-refractivity contribution in [2.75, 3.05) is 30.8 Å². The third-order valence-electron chi connectivity index (χ3n) is 6.30. The van der Waals surface area contributed by atoms with Gasteiger partial charge in [0.2, 0.25) is 21.8 Å². The van der Waals surface area contributed by atoms with E-state index in [-0.39, 0.29) is 40.5 Å². The highest BCUT2D eigenvalue weighted by molar-refractivity contribution is 7.92. The molecule has 8 nitrogen and oxygen atoms in total. The summed E-state index contributed by atoms with van der Waals surface area (Å²) in [5.41, 5.74) is 1.62. The van der Waals surface area contributed by atoms with E-state index in [0.717, 1.165) is 16.1 Å². The molecule has 11 heteroatoms.